The standard InChI is InChI=1S/C11H18/c1-7-4-9(5-7)11-6-8-2-3-10(8)11/h7-11H,2-6H2,1H3. The normalized spacial score (nSPS) is 60.3. The second kappa shape index (κ2) is 2.02. The predicted octanol–water partition coefficient (Wildman–Crippen LogP) is 3.08. The van der Waals surface area contributed by atoms with Crippen molar-refractivity contribution in [3.05, 3.63) is 0 Å². The van der Waals surface area contributed by atoms with E-state index in [1.807, 2.05) is 0 Å². The Hall–Kier alpha value is 0. The van der Waals surface area contributed by atoms with Crippen LogP contribution in [0.15, 0.2) is 0 Å². The van der Waals surface area contributed by atoms with Crippen molar-refractivity contribution in [1.29, 1.82) is 0 Å². The lowest BCUT2D eigenvalue weighted by Gasteiger charge is -2.58. The second-order valence-electron chi connectivity index (χ2n) is 5.24. The first-order chi connectivity index (χ1) is 5.34. The number of hydrogen-bond donors (Lipinski definition) is 0. The van der Waals surface area contributed by atoms with Crippen molar-refractivity contribution in [2.45, 2.75) is 39.0 Å². The summed E-state index contributed by atoms with van der Waals surface area (Å²) in [4.78, 5) is 0. The Bertz CT molecular complexity index is 167. The Morgan fingerprint density at radius 2 is 1.64 bits per heavy atom. The fourth-order valence-electron chi connectivity index (χ4n) is 3.64. The van der Waals surface area contributed by atoms with E-state index in [-0.39, 0.29) is 0 Å². The molecule has 0 spiro atoms. The van der Waals surface area contributed by atoms with Crippen molar-refractivity contribution in [1.82, 2.24) is 0 Å². The molecule has 0 aliphatic heterocycles. The largest absolute Gasteiger partial charge is 0.0625 e. The van der Waals surface area contributed by atoms with Crippen LogP contribution in [0.2, 0.25) is 0 Å². The lowest BCUT2D eigenvalue weighted by molar-refractivity contribution is -0.0881. The molecule has 0 nitrogen and oxygen atoms in total. The van der Waals surface area contributed by atoms with E-state index >= 15 is 0 Å². The molecule has 3 rings (SSSR count). The van der Waals surface area contributed by atoms with Gasteiger partial charge in [0, 0.05) is 0 Å². The van der Waals surface area contributed by atoms with E-state index in [4.69, 9.17) is 0 Å². The highest BCUT2D eigenvalue weighted by atomic mass is 14.6. The summed E-state index contributed by atoms with van der Waals surface area (Å²) in [5, 5.41) is 0. The Balaban J connectivity index is 1.57. The summed E-state index contributed by atoms with van der Waals surface area (Å²) in [6.45, 7) is 2.41. The van der Waals surface area contributed by atoms with Gasteiger partial charge < -0.3 is 0 Å². The van der Waals surface area contributed by atoms with Crippen molar-refractivity contribution in [2.24, 2.45) is 29.6 Å². The molecule has 3 atom stereocenters. The maximum Gasteiger partial charge on any atom is -0.0352 e. The van der Waals surface area contributed by atoms with Crippen molar-refractivity contribution in [3.63, 3.8) is 0 Å². The van der Waals surface area contributed by atoms with Gasteiger partial charge in [-0.25, -0.2) is 0 Å². The van der Waals surface area contributed by atoms with Crippen molar-refractivity contribution in [3.8, 4) is 0 Å². The molecule has 0 aromatic carbocycles. The van der Waals surface area contributed by atoms with Gasteiger partial charge in [0.05, 0.1) is 0 Å². The molecule has 0 aromatic heterocycles. The minimum atomic E-state index is 1.07. The Labute approximate surface area is 69.4 Å². The Morgan fingerprint density at radius 1 is 0.818 bits per heavy atom. The third-order valence-corrected chi connectivity index (χ3v) is 4.62. The molecule has 0 amide bonds. The lowest BCUT2D eigenvalue weighted by atomic mass is 9.47. The highest BCUT2D eigenvalue weighted by Gasteiger charge is 2.51. The molecule has 0 N–H and O–H groups in total. The maximum absolute atomic E-state index is 2.41. The van der Waals surface area contributed by atoms with Crippen LogP contribution in [-0.2, 0) is 0 Å². The van der Waals surface area contributed by atoms with E-state index in [1.54, 1.807) is 32.1 Å². The summed E-state index contributed by atoms with van der Waals surface area (Å²) >= 11 is 0. The van der Waals surface area contributed by atoms with E-state index in [9.17, 15) is 0 Å². The predicted molar refractivity (Wildman–Crippen MR) is 46.2 cm³/mol. The highest BCUT2D eigenvalue weighted by molar-refractivity contribution is 5.01. The zero-order valence-corrected chi connectivity index (χ0v) is 7.42. The molecule has 3 aliphatic rings. The molecule has 3 unspecified atom stereocenters. The van der Waals surface area contributed by atoms with Crippen LogP contribution in [0.3, 0.4) is 0 Å². The molecule has 0 aromatic rings. The average molecular weight is 150 g/mol. The molecular weight excluding hydrogens is 132 g/mol. The second-order valence-corrected chi connectivity index (χ2v) is 5.24. The highest BCUT2D eigenvalue weighted by Crippen LogP contribution is 2.60. The molecule has 0 bridgehead atoms. The number of hydrogen-bond acceptors (Lipinski definition) is 0. The van der Waals surface area contributed by atoms with Crippen LogP contribution in [0, 0.1) is 29.6 Å². The van der Waals surface area contributed by atoms with Gasteiger partial charge in [0.25, 0.3) is 0 Å². The lowest BCUT2D eigenvalue weighted by Crippen LogP contribution is -2.50. The fraction of sp³-hybridized carbons (Fsp3) is 1.00. The van der Waals surface area contributed by atoms with E-state index in [0.717, 1.165) is 5.92 Å². The summed E-state index contributed by atoms with van der Waals surface area (Å²) in [5.41, 5.74) is 0. The first-order valence-corrected chi connectivity index (χ1v) is 5.34. The van der Waals surface area contributed by atoms with Gasteiger partial charge >= 0.3 is 0 Å². The zero-order valence-electron chi connectivity index (χ0n) is 7.42. The van der Waals surface area contributed by atoms with Gasteiger partial charge in [0.2, 0.25) is 0 Å². The van der Waals surface area contributed by atoms with E-state index in [1.165, 1.54) is 23.7 Å². The molecule has 0 radical (unpaired) electrons. The molecule has 3 saturated carbocycles. The summed E-state index contributed by atoms with van der Waals surface area (Å²) in [6, 6.07) is 0. The average Bonchev–Trinajstić information content (AvgIpc) is 1.89. The van der Waals surface area contributed by atoms with Crippen LogP contribution in [0.4, 0.5) is 0 Å². The summed E-state index contributed by atoms with van der Waals surface area (Å²) in [7, 11) is 0. The van der Waals surface area contributed by atoms with Gasteiger partial charge in [-0.3, -0.25) is 0 Å². The molecule has 0 heteroatoms. The number of rotatable bonds is 1. The topological polar surface area (TPSA) is 0 Å². The van der Waals surface area contributed by atoms with Gasteiger partial charge in [-0.2, -0.15) is 0 Å². The Kier molecular flexibility index (Phi) is 1.20. The maximum atomic E-state index is 2.41. The third kappa shape index (κ3) is 0.761. The molecule has 11 heavy (non-hydrogen) atoms. The van der Waals surface area contributed by atoms with Gasteiger partial charge in [0.15, 0.2) is 0 Å². The molecule has 0 saturated heterocycles. The zero-order chi connectivity index (χ0) is 7.42. The van der Waals surface area contributed by atoms with Gasteiger partial charge in [-0.05, 0) is 61.7 Å². The van der Waals surface area contributed by atoms with Gasteiger partial charge in [-0.15, -0.1) is 0 Å². The summed E-state index contributed by atoms with van der Waals surface area (Å²) in [6.07, 6.45) is 7.90. The van der Waals surface area contributed by atoms with Crippen molar-refractivity contribution >= 4 is 0 Å². The first kappa shape index (κ1) is 6.51. The van der Waals surface area contributed by atoms with E-state index < -0.39 is 0 Å². The third-order valence-electron chi connectivity index (χ3n) is 4.62. The van der Waals surface area contributed by atoms with Crippen LogP contribution >= 0.6 is 0 Å². The minimum Gasteiger partial charge on any atom is -0.0625 e. The van der Waals surface area contributed by atoms with Crippen LogP contribution < -0.4 is 0 Å². The minimum absolute atomic E-state index is 1.07. The molecule has 3 aliphatic carbocycles. The van der Waals surface area contributed by atoms with Gasteiger partial charge in [0.1, 0.15) is 0 Å². The summed E-state index contributed by atoms with van der Waals surface area (Å²) < 4.78 is 0. The van der Waals surface area contributed by atoms with Crippen LogP contribution in [-0.4, -0.2) is 0 Å². The first-order valence-electron chi connectivity index (χ1n) is 5.34. The quantitative estimate of drug-likeness (QED) is 0.539. The molecular formula is C11H18. The fourth-order valence-corrected chi connectivity index (χ4v) is 3.64. The SMILES string of the molecule is CC1CC(C2CC3CCC32)C1. The van der Waals surface area contributed by atoms with E-state index in [2.05, 4.69) is 6.92 Å². The summed E-state index contributed by atoms with van der Waals surface area (Å²) in [5.74, 6) is 5.86. The smallest absolute Gasteiger partial charge is 0.0352 e. The Morgan fingerprint density at radius 3 is 2.00 bits per heavy atom. The van der Waals surface area contributed by atoms with Crippen molar-refractivity contribution < 1.29 is 0 Å². The van der Waals surface area contributed by atoms with Gasteiger partial charge in [-0.1, -0.05) is 6.92 Å². The molecule has 0 heterocycles. The van der Waals surface area contributed by atoms with Crippen LogP contribution in [0.25, 0.3) is 0 Å². The van der Waals surface area contributed by atoms with Crippen LogP contribution in [0.1, 0.15) is 39.0 Å². The van der Waals surface area contributed by atoms with E-state index in [0.29, 0.717) is 0 Å². The molecule has 3 fully saturated rings. The van der Waals surface area contributed by atoms with Crippen LogP contribution in [0.5, 0.6) is 0 Å². The van der Waals surface area contributed by atoms with Crippen molar-refractivity contribution in [2.75, 3.05) is 0 Å². The monoisotopic (exact) mass is 150 g/mol. The number of fused-ring (bicyclic) bond motifs is 1. The molecule has 62 valence electrons.